The highest BCUT2D eigenvalue weighted by molar-refractivity contribution is 6.28. The van der Waals surface area contributed by atoms with Crippen molar-refractivity contribution in [3.63, 3.8) is 0 Å². The predicted molar refractivity (Wildman–Crippen MR) is 241 cm³/mol. The van der Waals surface area contributed by atoms with Gasteiger partial charge in [0.15, 0.2) is 0 Å². The molecule has 258 valence electrons. The molecule has 0 aromatic heterocycles. The minimum absolute atomic E-state index is 0.192. The molecule has 12 aromatic carbocycles. The summed E-state index contributed by atoms with van der Waals surface area (Å²) in [5.74, 6) is 0. The van der Waals surface area contributed by atoms with Crippen LogP contribution in [0.25, 0.3) is 120 Å². The zero-order valence-corrected chi connectivity index (χ0v) is 28.2. The van der Waals surface area contributed by atoms with Crippen LogP contribution in [0.15, 0.2) is 205 Å². The van der Waals surface area contributed by atoms with Gasteiger partial charge in [0.2, 0.25) is 0 Å². The summed E-state index contributed by atoms with van der Waals surface area (Å²) in [6, 6.07) is -25.0. The van der Waals surface area contributed by atoms with Gasteiger partial charge in [0.25, 0.3) is 0 Å². The summed E-state index contributed by atoms with van der Waals surface area (Å²) in [5, 5.41) is -4.53. The predicted octanol–water partition coefficient (Wildman–Crippen LogP) is 15.8. The Morgan fingerprint density at radius 1 is 0.232 bits per heavy atom. The van der Waals surface area contributed by atoms with Gasteiger partial charge in [-0.15, -0.1) is 0 Å². The second-order valence-electron chi connectivity index (χ2n) is 12.7. The highest BCUT2D eigenvalue weighted by Crippen LogP contribution is 2.43. The zero-order chi connectivity index (χ0) is 64.6. The second kappa shape index (κ2) is 12.1. The Hall–Kier alpha value is -7.28. The lowest BCUT2D eigenvalue weighted by Crippen LogP contribution is -1.89. The minimum atomic E-state index is -1.01. The Morgan fingerprint density at radius 3 is 1.32 bits per heavy atom. The van der Waals surface area contributed by atoms with E-state index in [1.807, 2.05) is 0 Å². The maximum Gasteiger partial charge on any atom is 0.0636 e. The molecule has 0 heterocycles. The molecular weight excluding hydrogens is 673 g/mol. The van der Waals surface area contributed by atoms with Gasteiger partial charge in [0.1, 0.15) is 0 Å². The van der Waals surface area contributed by atoms with E-state index in [0.29, 0.717) is 0 Å². The summed E-state index contributed by atoms with van der Waals surface area (Å²) >= 11 is 0. The Balaban J connectivity index is 1.11. The summed E-state index contributed by atoms with van der Waals surface area (Å²) in [7, 11) is 0. The first-order chi connectivity index (χ1) is 41.1. The summed E-state index contributed by atoms with van der Waals surface area (Å²) in [5.41, 5.74) is -6.62. The van der Waals surface area contributed by atoms with Crippen LogP contribution >= 0.6 is 0 Å². The van der Waals surface area contributed by atoms with Crippen molar-refractivity contribution in [2.75, 3.05) is 0 Å². The van der Waals surface area contributed by atoms with Crippen LogP contribution < -0.4 is 0 Å². The maximum absolute atomic E-state index is 9.57. The van der Waals surface area contributed by atoms with Gasteiger partial charge in [-0.25, -0.2) is 0 Å². The number of rotatable bonds is 5. The van der Waals surface area contributed by atoms with Crippen molar-refractivity contribution in [3.8, 4) is 55.6 Å². The average molecular weight is 739 g/mol. The van der Waals surface area contributed by atoms with Crippen molar-refractivity contribution in [2.24, 2.45) is 0 Å². The van der Waals surface area contributed by atoms with Crippen LogP contribution in [0.4, 0.5) is 0 Å². The van der Waals surface area contributed by atoms with Crippen molar-refractivity contribution in [1.82, 2.24) is 0 Å². The molecule has 0 spiro atoms. The molecule has 0 aliphatic carbocycles. The molecule has 0 unspecified atom stereocenters. The molecule has 0 atom stereocenters. The highest BCUT2D eigenvalue weighted by atomic mass is 14.2. The molecule has 56 heavy (non-hydrogen) atoms. The van der Waals surface area contributed by atoms with Crippen LogP contribution in [-0.2, 0) is 0 Å². The fourth-order valence-electron chi connectivity index (χ4n) is 7.05. The van der Waals surface area contributed by atoms with E-state index in [-0.39, 0.29) is 48.7 Å². The van der Waals surface area contributed by atoms with Gasteiger partial charge in [-0.1, -0.05) is 199 Å². The Morgan fingerprint density at radius 2 is 0.661 bits per heavy atom. The smallest absolute Gasteiger partial charge is 0.0622 e. The standard InChI is InChI=1S/C56H34/c1-2-6-37(7-3-1)47-28-23-43-27-33-52-49(30-24-44-26-32-51(47)55(43)56(44)52)39-18-14-36(15-19-39)46-11-5-10-45(34-46)35-12-16-38(17-13-35)48-29-22-42-21-20-40-8-4-9-41-25-31-50(48)54(42)53(40)41/h1-34H/i1D,2D,3D,4D,5D,6D,7D,8D,9D,10D,11D,12D,13D,14D,16D,17D,18D,19D,20D,21D,22D,23D,24D,25D,26D,27D,28D,30D,31D,32D,33D,34D. The van der Waals surface area contributed by atoms with E-state index in [0.717, 1.165) is 12.1 Å². The van der Waals surface area contributed by atoms with Crippen LogP contribution in [0, 0.1) is 0 Å². The summed E-state index contributed by atoms with van der Waals surface area (Å²) in [6.07, 6.45) is 0. The fraction of sp³-hybridized carbons (Fsp3) is 0. The third-order valence-corrected chi connectivity index (χ3v) is 9.60. The number of benzene rings is 12. The lowest BCUT2D eigenvalue weighted by atomic mass is 9.87. The molecule has 12 rings (SSSR count). The van der Waals surface area contributed by atoms with Gasteiger partial charge in [-0.2, -0.15) is 0 Å². The minimum Gasteiger partial charge on any atom is -0.0622 e. The Kier molecular flexibility index (Phi) is 2.85. The first-order valence-electron chi connectivity index (χ1n) is 32.9. The first kappa shape index (κ1) is 13.2. The van der Waals surface area contributed by atoms with E-state index in [2.05, 4.69) is 0 Å². The van der Waals surface area contributed by atoms with Crippen molar-refractivity contribution >= 4 is 64.6 Å². The maximum atomic E-state index is 9.57. The largest absolute Gasteiger partial charge is 0.0636 e. The van der Waals surface area contributed by atoms with E-state index in [9.17, 15) is 20.6 Å². The van der Waals surface area contributed by atoms with E-state index < -0.39 is 265 Å². The monoisotopic (exact) mass is 738 g/mol. The van der Waals surface area contributed by atoms with Crippen LogP contribution in [0.5, 0.6) is 0 Å². The third-order valence-electron chi connectivity index (χ3n) is 9.60. The third kappa shape index (κ3) is 4.73. The molecule has 0 saturated heterocycles. The summed E-state index contributed by atoms with van der Waals surface area (Å²) in [6.45, 7) is 0. The number of hydrogen-bond donors (Lipinski definition) is 0. The van der Waals surface area contributed by atoms with Crippen molar-refractivity contribution in [1.29, 1.82) is 0 Å². The molecule has 0 saturated carbocycles. The molecule has 0 amide bonds. The molecule has 0 radical (unpaired) electrons. The lowest BCUT2D eigenvalue weighted by Gasteiger charge is -2.16. The molecule has 12 aromatic rings. The van der Waals surface area contributed by atoms with Gasteiger partial charge in [-0.3, -0.25) is 0 Å². The van der Waals surface area contributed by atoms with Gasteiger partial charge in [0, 0.05) is 0 Å². The molecule has 0 fully saturated rings. The van der Waals surface area contributed by atoms with E-state index >= 15 is 0 Å². The van der Waals surface area contributed by atoms with Gasteiger partial charge in [0.05, 0.1) is 43.9 Å². The lowest BCUT2D eigenvalue weighted by molar-refractivity contribution is 1.58. The first-order valence-corrected chi connectivity index (χ1v) is 16.9. The molecule has 0 bridgehead atoms. The highest BCUT2D eigenvalue weighted by Gasteiger charge is 2.16. The van der Waals surface area contributed by atoms with Gasteiger partial charge >= 0.3 is 0 Å². The van der Waals surface area contributed by atoms with E-state index in [1.54, 1.807) is 0 Å². The van der Waals surface area contributed by atoms with Crippen LogP contribution in [0.3, 0.4) is 0 Å². The zero-order valence-electron chi connectivity index (χ0n) is 60.2. The molecule has 0 N–H and O–H groups in total. The molecule has 0 aliphatic heterocycles. The summed E-state index contributed by atoms with van der Waals surface area (Å²) < 4.78 is 290. The van der Waals surface area contributed by atoms with Gasteiger partial charge in [-0.05, 0) is 126 Å². The normalized spacial score (nSPS) is 19.9. The van der Waals surface area contributed by atoms with E-state index in [4.69, 9.17) is 23.3 Å². The topological polar surface area (TPSA) is 0 Å². The Bertz CT molecular complexity index is 5260. The molecule has 0 aliphatic rings. The number of hydrogen-bond acceptors (Lipinski definition) is 0. The van der Waals surface area contributed by atoms with Crippen LogP contribution in [0.2, 0.25) is 0 Å². The van der Waals surface area contributed by atoms with Crippen LogP contribution in [0.1, 0.15) is 43.9 Å². The van der Waals surface area contributed by atoms with Crippen LogP contribution in [-0.4, -0.2) is 0 Å². The molecule has 0 nitrogen and oxygen atoms in total. The van der Waals surface area contributed by atoms with Crippen molar-refractivity contribution in [2.45, 2.75) is 0 Å². The average Bonchev–Trinajstić information content (AvgIpc) is 0.702. The molecular formula is C56H34. The van der Waals surface area contributed by atoms with Gasteiger partial charge < -0.3 is 0 Å². The quantitative estimate of drug-likeness (QED) is 0.154. The molecule has 0 heteroatoms. The summed E-state index contributed by atoms with van der Waals surface area (Å²) in [4.78, 5) is 0. The SMILES string of the molecule is [2H]c1cc(-c2c([2H])c([2H])c([2H])c(-c3c([2H])c([2H])c(-c4cc([2H])c5c([2H])c([2H])c6c([2H])c([2H])c([2H])c7c([2H])c([2H])c4c5c67)c([2H])c3[2H])c2[2H])c([2H])c([2H])c1-c1c([2H])c([2H])c2c([2H])c([2H])c3c(-c4c([2H])c([2H])c([2H])c([2H])c4[2H])c([2H])c([2H])c4c([2H])c([2H])c1c2c43. The Labute approximate surface area is 370 Å². The van der Waals surface area contributed by atoms with Crippen molar-refractivity contribution in [3.05, 3.63) is 205 Å². The fourth-order valence-corrected chi connectivity index (χ4v) is 7.05. The van der Waals surface area contributed by atoms with Crippen molar-refractivity contribution < 1.29 is 43.9 Å². The second-order valence-corrected chi connectivity index (χ2v) is 12.7. The van der Waals surface area contributed by atoms with E-state index in [1.165, 1.54) is 0 Å².